The third-order valence-electron chi connectivity index (χ3n) is 3.36. The third-order valence-corrected chi connectivity index (χ3v) is 3.36. The fourth-order valence-corrected chi connectivity index (χ4v) is 2.06. The molecule has 0 unspecified atom stereocenters. The van der Waals surface area contributed by atoms with Crippen LogP contribution in [0, 0.1) is 0 Å². The summed E-state index contributed by atoms with van der Waals surface area (Å²) in [6.07, 6.45) is 8.16. The molecule has 0 fully saturated rings. The van der Waals surface area contributed by atoms with Crippen molar-refractivity contribution in [1.82, 2.24) is 4.90 Å². The van der Waals surface area contributed by atoms with Gasteiger partial charge < -0.3 is 9.64 Å². The molecule has 0 spiro atoms. The van der Waals surface area contributed by atoms with E-state index in [0.29, 0.717) is 6.10 Å². The molecule has 0 saturated carbocycles. The van der Waals surface area contributed by atoms with Crippen molar-refractivity contribution in [1.29, 1.82) is 0 Å². The van der Waals surface area contributed by atoms with Crippen molar-refractivity contribution >= 4 is 0 Å². The monoisotopic (exact) mass is 229 g/mol. The maximum atomic E-state index is 5.50. The molecule has 1 atom stereocenters. The second-order valence-corrected chi connectivity index (χ2v) is 4.52. The zero-order valence-corrected chi connectivity index (χ0v) is 11.8. The van der Waals surface area contributed by atoms with Crippen LogP contribution in [0.5, 0.6) is 0 Å². The lowest BCUT2D eigenvalue weighted by molar-refractivity contribution is 0.0830. The Hall–Kier alpha value is -0.0800. The van der Waals surface area contributed by atoms with Crippen molar-refractivity contribution in [2.45, 2.75) is 65.4 Å². The first kappa shape index (κ1) is 15.9. The number of unbranched alkanes of at least 4 members (excludes halogenated alkanes) is 2. The minimum absolute atomic E-state index is 0.497. The molecule has 0 aliphatic carbocycles. The van der Waals surface area contributed by atoms with E-state index in [1.807, 2.05) is 7.11 Å². The molecule has 98 valence electrons. The van der Waals surface area contributed by atoms with E-state index in [1.165, 1.54) is 58.2 Å². The molecule has 2 nitrogen and oxygen atoms in total. The highest BCUT2D eigenvalue weighted by atomic mass is 16.5. The van der Waals surface area contributed by atoms with E-state index in [2.05, 4.69) is 25.7 Å². The highest BCUT2D eigenvalue weighted by Gasteiger charge is 2.06. The smallest absolute Gasteiger partial charge is 0.0571 e. The Bertz CT molecular complexity index is 135. The predicted octanol–water partition coefficient (Wildman–Crippen LogP) is 3.70. The third kappa shape index (κ3) is 8.12. The maximum Gasteiger partial charge on any atom is 0.0571 e. The van der Waals surface area contributed by atoms with Crippen molar-refractivity contribution in [3.63, 3.8) is 0 Å². The van der Waals surface area contributed by atoms with Gasteiger partial charge in [-0.25, -0.2) is 0 Å². The summed E-state index contributed by atoms with van der Waals surface area (Å²) >= 11 is 0. The summed E-state index contributed by atoms with van der Waals surface area (Å²) in [5.74, 6) is 0. The van der Waals surface area contributed by atoms with E-state index in [1.54, 1.807) is 0 Å². The van der Waals surface area contributed by atoms with Gasteiger partial charge in [-0.3, -0.25) is 0 Å². The molecule has 0 saturated heterocycles. The Kier molecular flexibility index (Phi) is 11.3. The Morgan fingerprint density at radius 3 is 2.06 bits per heavy atom. The first-order valence-electron chi connectivity index (χ1n) is 7.03. The van der Waals surface area contributed by atoms with Crippen LogP contribution >= 0.6 is 0 Å². The molecule has 0 aliphatic heterocycles. The summed E-state index contributed by atoms with van der Waals surface area (Å²) in [4.78, 5) is 2.49. The van der Waals surface area contributed by atoms with Gasteiger partial charge in [-0.2, -0.15) is 0 Å². The van der Waals surface area contributed by atoms with Crippen LogP contribution in [0.25, 0.3) is 0 Å². The Labute approximate surface area is 102 Å². The van der Waals surface area contributed by atoms with Crippen molar-refractivity contribution in [3.05, 3.63) is 0 Å². The molecule has 16 heavy (non-hydrogen) atoms. The van der Waals surface area contributed by atoms with E-state index in [4.69, 9.17) is 4.74 Å². The summed E-state index contributed by atoms with van der Waals surface area (Å²) < 4.78 is 5.50. The summed E-state index contributed by atoms with van der Waals surface area (Å²) in [5.41, 5.74) is 0. The molecule has 2 heteroatoms. The number of nitrogens with zero attached hydrogens (tertiary/aromatic N) is 1. The van der Waals surface area contributed by atoms with Gasteiger partial charge in [0.15, 0.2) is 0 Å². The second-order valence-electron chi connectivity index (χ2n) is 4.52. The number of ether oxygens (including phenoxy) is 1. The largest absolute Gasteiger partial charge is 0.381 e. The van der Waals surface area contributed by atoms with Gasteiger partial charge in [0.05, 0.1) is 6.10 Å². The average Bonchev–Trinajstić information content (AvgIpc) is 2.33. The van der Waals surface area contributed by atoms with Gasteiger partial charge in [0.25, 0.3) is 0 Å². The molecule has 0 bridgehead atoms. The highest BCUT2D eigenvalue weighted by Crippen LogP contribution is 2.11. The lowest BCUT2D eigenvalue weighted by Gasteiger charge is -2.19. The van der Waals surface area contributed by atoms with Crippen molar-refractivity contribution in [2.24, 2.45) is 0 Å². The van der Waals surface area contributed by atoms with Crippen LogP contribution in [0.3, 0.4) is 0 Å². The van der Waals surface area contributed by atoms with Crippen molar-refractivity contribution in [2.75, 3.05) is 26.7 Å². The summed E-state index contributed by atoms with van der Waals surface area (Å²) in [6.45, 7) is 10.3. The standard InChI is InChI=1S/C14H31NO/c1-5-8-11-14(16-4)12-9-10-13-15(6-2)7-3/h14H,5-13H2,1-4H3/t14-/m0/s1. The van der Waals surface area contributed by atoms with Crippen molar-refractivity contribution in [3.8, 4) is 0 Å². The molecular weight excluding hydrogens is 198 g/mol. The van der Waals surface area contributed by atoms with Gasteiger partial charge in [0.1, 0.15) is 0 Å². The van der Waals surface area contributed by atoms with Gasteiger partial charge in [-0.15, -0.1) is 0 Å². The van der Waals surface area contributed by atoms with Crippen LogP contribution in [0.1, 0.15) is 59.3 Å². The van der Waals surface area contributed by atoms with Crippen LogP contribution in [0.2, 0.25) is 0 Å². The van der Waals surface area contributed by atoms with Gasteiger partial charge in [-0.1, -0.05) is 33.6 Å². The molecule has 0 heterocycles. The quantitative estimate of drug-likeness (QED) is 0.501. The maximum absolute atomic E-state index is 5.50. The SMILES string of the molecule is CCCC[C@@H](CCCCN(CC)CC)OC. The summed E-state index contributed by atoms with van der Waals surface area (Å²) in [7, 11) is 1.85. The van der Waals surface area contributed by atoms with E-state index in [9.17, 15) is 0 Å². The zero-order chi connectivity index (χ0) is 12.2. The van der Waals surface area contributed by atoms with Crippen molar-refractivity contribution < 1.29 is 4.74 Å². The summed E-state index contributed by atoms with van der Waals surface area (Å²) in [5, 5.41) is 0. The molecule has 0 radical (unpaired) electrons. The van der Waals surface area contributed by atoms with Gasteiger partial charge >= 0.3 is 0 Å². The molecular formula is C14H31NO. The Morgan fingerprint density at radius 2 is 1.56 bits per heavy atom. The summed E-state index contributed by atoms with van der Waals surface area (Å²) in [6, 6.07) is 0. The topological polar surface area (TPSA) is 12.5 Å². The van der Waals surface area contributed by atoms with E-state index < -0.39 is 0 Å². The lowest BCUT2D eigenvalue weighted by Crippen LogP contribution is -2.24. The normalized spacial score (nSPS) is 13.3. The van der Waals surface area contributed by atoms with E-state index in [-0.39, 0.29) is 0 Å². The first-order valence-corrected chi connectivity index (χ1v) is 7.03. The molecule has 0 aromatic rings. The number of methoxy groups -OCH3 is 1. The highest BCUT2D eigenvalue weighted by molar-refractivity contribution is 4.60. The van der Waals surface area contributed by atoms with Crippen LogP contribution < -0.4 is 0 Å². The zero-order valence-electron chi connectivity index (χ0n) is 11.8. The van der Waals surface area contributed by atoms with Gasteiger partial charge in [0.2, 0.25) is 0 Å². The molecule has 0 rings (SSSR count). The van der Waals surface area contributed by atoms with Crippen LogP contribution in [-0.2, 0) is 4.74 Å². The van der Waals surface area contributed by atoms with E-state index >= 15 is 0 Å². The van der Waals surface area contributed by atoms with E-state index in [0.717, 1.165) is 0 Å². The lowest BCUT2D eigenvalue weighted by atomic mass is 10.1. The molecule has 0 amide bonds. The van der Waals surface area contributed by atoms with Crippen LogP contribution in [-0.4, -0.2) is 37.7 Å². The molecule has 0 aromatic carbocycles. The second kappa shape index (κ2) is 11.4. The number of hydrogen-bond acceptors (Lipinski definition) is 2. The molecule has 0 N–H and O–H groups in total. The molecule has 0 aromatic heterocycles. The number of hydrogen-bond donors (Lipinski definition) is 0. The fraction of sp³-hybridized carbons (Fsp3) is 1.00. The predicted molar refractivity (Wildman–Crippen MR) is 72.0 cm³/mol. The number of rotatable bonds is 11. The average molecular weight is 229 g/mol. The minimum Gasteiger partial charge on any atom is -0.381 e. The minimum atomic E-state index is 0.497. The molecule has 0 aliphatic rings. The Morgan fingerprint density at radius 1 is 0.938 bits per heavy atom. The fourth-order valence-electron chi connectivity index (χ4n) is 2.06. The first-order chi connectivity index (χ1) is 7.78. The Balaban J connectivity index is 3.46. The van der Waals surface area contributed by atoms with Crippen LogP contribution in [0.4, 0.5) is 0 Å². The van der Waals surface area contributed by atoms with Gasteiger partial charge in [0, 0.05) is 7.11 Å². The van der Waals surface area contributed by atoms with Crippen LogP contribution in [0.15, 0.2) is 0 Å². The van der Waals surface area contributed by atoms with Gasteiger partial charge in [-0.05, 0) is 45.3 Å².